The van der Waals surface area contributed by atoms with Crippen LogP contribution in [0.2, 0.25) is 0 Å². The number of nitrogens with zero attached hydrogens (tertiary/aromatic N) is 2. The number of rotatable bonds is 1. The molecule has 0 saturated heterocycles. The minimum absolute atomic E-state index is 0.527. The van der Waals surface area contributed by atoms with E-state index >= 15 is 0 Å². The smallest absolute Gasteiger partial charge is 0.111 e. The molecule has 3 heteroatoms. The lowest BCUT2D eigenvalue weighted by Crippen LogP contribution is -1.98. The van der Waals surface area contributed by atoms with Crippen molar-refractivity contribution in [3.63, 3.8) is 0 Å². The minimum Gasteiger partial charge on any atom is -0.338 e. The van der Waals surface area contributed by atoms with Gasteiger partial charge in [-0.3, -0.25) is 0 Å². The number of aryl methyl sites for hydroxylation is 2. The lowest BCUT2D eigenvalue weighted by molar-refractivity contribution is 0.710. The van der Waals surface area contributed by atoms with Gasteiger partial charge >= 0.3 is 0 Å². The van der Waals surface area contributed by atoms with Gasteiger partial charge in [0, 0.05) is 19.2 Å². The molecule has 0 aliphatic heterocycles. The first kappa shape index (κ1) is 11.2. The summed E-state index contributed by atoms with van der Waals surface area (Å²) in [7, 11) is 3.54. The Morgan fingerprint density at radius 2 is 1.92 bits per heavy atom. The number of nitrogens with two attached hydrogens (primary N) is 1. The summed E-state index contributed by atoms with van der Waals surface area (Å²) >= 11 is 0. The van der Waals surface area contributed by atoms with Crippen LogP contribution in [0.1, 0.15) is 31.3 Å². The van der Waals surface area contributed by atoms with Gasteiger partial charge < -0.3 is 10.3 Å². The van der Waals surface area contributed by atoms with Gasteiger partial charge in [0.25, 0.3) is 0 Å². The maximum atomic E-state index is 4.50. The van der Waals surface area contributed by atoms with E-state index in [1.807, 2.05) is 14.0 Å². The van der Waals surface area contributed by atoms with Gasteiger partial charge in [-0.15, -0.1) is 0 Å². The Labute approximate surface area is 74.6 Å². The lowest BCUT2D eigenvalue weighted by atomic mass is 10.2. The molecule has 0 aliphatic carbocycles. The van der Waals surface area contributed by atoms with E-state index < -0.39 is 0 Å². The Balaban J connectivity index is 0.000000561. The molecule has 1 rings (SSSR count). The molecule has 0 fully saturated rings. The zero-order valence-electron chi connectivity index (χ0n) is 8.63. The van der Waals surface area contributed by atoms with Crippen molar-refractivity contribution < 1.29 is 0 Å². The Hall–Kier alpha value is -0.830. The fraction of sp³-hybridized carbons (Fsp3) is 0.667. The molecule has 0 amide bonds. The van der Waals surface area contributed by atoms with Gasteiger partial charge in [-0.25, -0.2) is 4.98 Å². The number of imidazole rings is 1. The lowest BCUT2D eigenvalue weighted by Gasteiger charge is -2.02. The molecule has 0 radical (unpaired) electrons. The van der Waals surface area contributed by atoms with Crippen LogP contribution in [0.3, 0.4) is 0 Å². The van der Waals surface area contributed by atoms with Crippen LogP contribution >= 0.6 is 0 Å². The normalized spacial score (nSPS) is 9.58. The third-order valence-electron chi connectivity index (χ3n) is 1.55. The topological polar surface area (TPSA) is 43.8 Å². The summed E-state index contributed by atoms with van der Waals surface area (Å²) in [4.78, 5) is 4.37. The second-order valence-corrected chi connectivity index (χ2v) is 3.01. The monoisotopic (exact) mass is 169 g/mol. The zero-order valence-corrected chi connectivity index (χ0v) is 8.63. The van der Waals surface area contributed by atoms with Crippen LogP contribution in [0.5, 0.6) is 0 Å². The summed E-state index contributed by atoms with van der Waals surface area (Å²) in [6, 6.07) is 0. The molecule has 0 spiro atoms. The van der Waals surface area contributed by atoms with E-state index in [1.165, 1.54) is 7.05 Å². The fourth-order valence-electron chi connectivity index (χ4n) is 1.17. The molecule has 2 N–H and O–H groups in total. The van der Waals surface area contributed by atoms with Crippen molar-refractivity contribution in [3.8, 4) is 0 Å². The summed E-state index contributed by atoms with van der Waals surface area (Å²) < 4.78 is 2.08. The third kappa shape index (κ3) is 2.66. The summed E-state index contributed by atoms with van der Waals surface area (Å²) in [6.45, 7) is 6.33. The number of hydrogen-bond acceptors (Lipinski definition) is 2. The van der Waals surface area contributed by atoms with E-state index in [4.69, 9.17) is 0 Å². The van der Waals surface area contributed by atoms with E-state index in [1.54, 1.807) is 0 Å². The first-order valence-electron chi connectivity index (χ1n) is 4.19. The van der Waals surface area contributed by atoms with Crippen LogP contribution in [0.25, 0.3) is 0 Å². The summed E-state index contributed by atoms with van der Waals surface area (Å²) in [5.41, 5.74) is 5.60. The molecule has 3 nitrogen and oxygen atoms in total. The van der Waals surface area contributed by atoms with Crippen LogP contribution in [-0.4, -0.2) is 16.6 Å². The highest BCUT2D eigenvalue weighted by Gasteiger charge is 2.04. The van der Waals surface area contributed by atoms with Crippen molar-refractivity contribution in [1.82, 2.24) is 9.55 Å². The van der Waals surface area contributed by atoms with E-state index in [0.29, 0.717) is 5.92 Å². The second-order valence-electron chi connectivity index (χ2n) is 3.01. The highest BCUT2D eigenvalue weighted by atomic mass is 15.0. The standard InChI is InChI=1S/C8H14N2.CH5N/c1-6(2)8-9-7(3)5-10(8)4;1-2/h5-6H,1-4H3;2H2,1H3. The molecule has 0 aromatic carbocycles. The molecule has 1 aromatic rings. The molecule has 0 aliphatic rings. The number of hydrogen-bond donors (Lipinski definition) is 1. The first-order valence-corrected chi connectivity index (χ1v) is 4.19. The molecule has 70 valence electrons. The minimum atomic E-state index is 0.527. The molecular formula is C9H19N3. The molecule has 0 unspecified atom stereocenters. The molecule has 1 heterocycles. The van der Waals surface area contributed by atoms with E-state index in [-0.39, 0.29) is 0 Å². The second kappa shape index (κ2) is 4.93. The zero-order chi connectivity index (χ0) is 9.72. The molecule has 0 saturated carbocycles. The van der Waals surface area contributed by atoms with E-state index in [9.17, 15) is 0 Å². The molecular weight excluding hydrogens is 150 g/mol. The largest absolute Gasteiger partial charge is 0.338 e. The predicted molar refractivity (Wildman–Crippen MR) is 52.1 cm³/mol. The van der Waals surface area contributed by atoms with Crippen molar-refractivity contribution >= 4 is 0 Å². The molecule has 12 heavy (non-hydrogen) atoms. The van der Waals surface area contributed by atoms with Crippen LogP contribution < -0.4 is 5.73 Å². The molecule has 0 bridgehead atoms. The molecule has 0 atom stereocenters. The maximum absolute atomic E-state index is 4.50. The van der Waals surface area contributed by atoms with Gasteiger partial charge in [0.15, 0.2) is 0 Å². The highest BCUT2D eigenvalue weighted by molar-refractivity contribution is 5.04. The van der Waals surface area contributed by atoms with Gasteiger partial charge in [0.05, 0.1) is 5.69 Å². The summed E-state index contributed by atoms with van der Waals surface area (Å²) in [5.74, 6) is 1.69. The van der Waals surface area contributed by atoms with Crippen molar-refractivity contribution in [2.75, 3.05) is 7.05 Å². The quantitative estimate of drug-likeness (QED) is 0.691. The molecule has 1 aromatic heterocycles. The summed E-state index contributed by atoms with van der Waals surface area (Å²) in [5, 5.41) is 0. The van der Waals surface area contributed by atoms with E-state index in [2.05, 4.69) is 35.3 Å². The third-order valence-corrected chi connectivity index (χ3v) is 1.55. The Morgan fingerprint density at radius 3 is 2.08 bits per heavy atom. The van der Waals surface area contributed by atoms with Crippen molar-refractivity contribution in [2.24, 2.45) is 12.8 Å². The van der Waals surface area contributed by atoms with Gasteiger partial charge in [-0.05, 0) is 14.0 Å². The Morgan fingerprint density at radius 1 is 1.42 bits per heavy atom. The SMILES string of the molecule is CN.Cc1cn(C)c(C(C)C)n1. The first-order chi connectivity index (χ1) is 5.61. The van der Waals surface area contributed by atoms with Gasteiger partial charge in [0.2, 0.25) is 0 Å². The van der Waals surface area contributed by atoms with Crippen LogP contribution in [0.15, 0.2) is 6.20 Å². The predicted octanol–water partition coefficient (Wildman–Crippen LogP) is 1.43. The van der Waals surface area contributed by atoms with Crippen molar-refractivity contribution in [3.05, 3.63) is 17.7 Å². The fourth-order valence-corrected chi connectivity index (χ4v) is 1.17. The van der Waals surface area contributed by atoms with Crippen LogP contribution in [0, 0.1) is 6.92 Å². The summed E-state index contributed by atoms with van der Waals surface area (Å²) in [6.07, 6.45) is 2.05. The van der Waals surface area contributed by atoms with Crippen LogP contribution in [-0.2, 0) is 7.05 Å². The van der Waals surface area contributed by atoms with Crippen LogP contribution in [0.4, 0.5) is 0 Å². The highest BCUT2D eigenvalue weighted by Crippen LogP contribution is 2.11. The maximum Gasteiger partial charge on any atom is 0.111 e. The Bertz CT molecular complexity index is 226. The average Bonchev–Trinajstić information content (AvgIpc) is 2.34. The Kier molecular flexibility index (Phi) is 4.59. The van der Waals surface area contributed by atoms with Gasteiger partial charge in [-0.1, -0.05) is 13.8 Å². The van der Waals surface area contributed by atoms with Gasteiger partial charge in [-0.2, -0.15) is 0 Å². The number of aromatic nitrogens is 2. The van der Waals surface area contributed by atoms with Crippen molar-refractivity contribution in [2.45, 2.75) is 26.7 Å². The average molecular weight is 169 g/mol. The van der Waals surface area contributed by atoms with Crippen molar-refractivity contribution in [1.29, 1.82) is 0 Å². The van der Waals surface area contributed by atoms with E-state index in [0.717, 1.165) is 11.5 Å². The van der Waals surface area contributed by atoms with Gasteiger partial charge in [0.1, 0.15) is 5.82 Å².